The second-order valence-electron chi connectivity index (χ2n) is 5.41. The number of hydrogen-bond donors (Lipinski definition) is 1. The first-order valence-electron chi connectivity index (χ1n) is 6.77. The largest absolute Gasteiger partial charge is 0.396 e. The molecule has 2 aliphatic rings. The van der Waals surface area contributed by atoms with Crippen LogP contribution in [0.3, 0.4) is 0 Å². The van der Waals surface area contributed by atoms with E-state index in [1.807, 2.05) is 17.0 Å². The summed E-state index contributed by atoms with van der Waals surface area (Å²) in [5.74, 6) is 0.873. The van der Waals surface area contributed by atoms with E-state index >= 15 is 0 Å². The van der Waals surface area contributed by atoms with E-state index in [-0.39, 0.29) is 18.4 Å². The van der Waals surface area contributed by atoms with E-state index in [0.29, 0.717) is 5.92 Å². The fraction of sp³-hybridized carbons (Fsp3) is 0.533. The minimum Gasteiger partial charge on any atom is -0.396 e. The molecule has 2 unspecified atom stereocenters. The van der Waals surface area contributed by atoms with Gasteiger partial charge >= 0.3 is 0 Å². The summed E-state index contributed by atoms with van der Waals surface area (Å²) in [4.78, 5) is 14.4. The van der Waals surface area contributed by atoms with E-state index in [2.05, 4.69) is 12.1 Å². The fourth-order valence-corrected chi connectivity index (χ4v) is 3.15. The van der Waals surface area contributed by atoms with Crippen molar-refractivity contribution >= 4 is 5.91 Å². The number of carbonyl (C=O) groups is 1. The van der Waals surface area contributed by atoms with Crippen LogP contribution in [0.2, 0.25) is 0 Å². The zero-order valence-corrected chi connectivity index (χ0v) is 10.5. The molecule has 18 heavy (non-hydrogen) atoms. The SMILES string of the molecule is O=C(C1Cc2ccccc21)N1CCC(CCO)C1. The summed E-state index contributed by atoms with van der Waals surface area (Å²) in [6.45, 7) is 1.93. The molecule has 1 fully saturated rings. The van der Waals surface area contributed by atoms with Crippen molar-refractivity contribution in [3.05, 3.63) is 35.4 Å². The van der Waals surface area contributed by atoms with Crippen molar-refractivity contribution in [2.45, 2.75) is 25.2 Å². The minimum atomic E-state index is 0.0917. The zero-order chi connectivity index (χ0) is 12.5. The number of aliphatic hydroxyl groups is 1. The molecule has 1 aromatic rings. The Balaban J connectivity index is 1.64. The molecule has 2 atom stereocenters. The number of likely N-dealkylation sites (tertiary alicyclic amines) is 1. The van der Waals surface area contributed by atoms with Crippen LogP contribution in [0.5, 0.6) is 0 Å². The monoisotopic (exact) mass is 245 g/mol. The first-order chi connectivity index (χ1) is 8.79. The predicted molar refractivity (Wildman–Crippen MR) is 69.3 cm³/mol. The van der Waals surface area contributed by atoms with Gasteiger partial charge in [0.05, 0.1) is 5.92 Å². The Morgan fingerprint density at radius 3 is 3.00 bits per heavy atom. The summed E-state index contributed by atoms with van der Waals surface area (Å²) in [6.07, 6.45) is 2.77. The maximum Gasteiger partial charge on any atom is 0.230 e. The van der Waals surface area contributed by atoms with Crippen LogP contribution >= 0.6 is 0 Å². The van der Waals surface area contributed by atoms with Crippen LogP contribution in [0.25, 0.3) is 0 Å². The molecule has 1 heterocycles. The van der Waals surface area contributed by atoms with Gasteiger partial charge in [-0.3, -0.25) is 4.79 Å². The van der Waals surface area contributed by atoms with Crippen molar-refractivity contribution in [3.8, 4) is 0 Å². The van der Waals surface area contributed by atoms with Gasteiger partial charge in [0.25, 0.3) is 0 Å². The summed E-state index contributed by atoms with van der Waals surface area (Å²) >= 11 is 0. The maximum atomic E-state index is 12.4. The highest BCUT2D eigenvalue weighted by molar-refractivity contribution is 5.87. The van der Waals surface area contributed by atoms with Crippen LogP contribution in [0.4, 0.5) is 0 Å². The Kier molecular flexibility index (Phi) is 3.08. The fourth-order valence-electron chi connectivity index (χ4n) is 3.15. The normalized spacial score (nSPS) is 25.7. The van der Waals surface area contributed by atoms with Crippen LogP contribution < -0.4 is 0 Å². The number of nitrogens with zero attached hydrogens (tertiary/aromatic N) is 1. The molecule has 1 N–H and O–H groups in total. The quantitative estimate of drug-likeness (QED) is 0.878. The lowest BCUT2D eigenvalue weighted by Crippen LogP contribution is -2.38. The first kappa shape index (κ1) is 11.7. The van der Waals surface area contributed by atoms with Gasteiger partial charge in [-0.05, 0) is 36.3 Å². The third kappa shape index (κ3) is 1.93. The minimum absolute atomic E-state index is 0.0917. The molecule has 3 nitrogen and oxygen atoms in total. The highest BCUT2D eigenvalue weighted by Crippen LogP contribution is 2.37. The van der Waals surface area contributed by atoms with E-state index in [4.69, 9.17) is 5.11 Å². The Labute approximate surface area is 107 Å². The van der Waals surface area contributed by atoms with E-state index < -0.39 is 0 Å². The van der Waals surface area contributed by atoms with Gasteiger partial charge in [-0.2, -0.15) is 0 Å². The van der Waals surface area contributed by atoms with Gasteiger partial charge in [0, 0.05) is 19.7 Å². The van der Waals surface area contributed by atoms with Crippen LogP contribution in [0.1, 0.15) is 29.9 Å². The average molecular weight is 245 g/mol. The van der Waals surface area contributed by atoms with Crippen molar-refractivity contribution in [1.82, 2.24) is 4.90 Å². The molecule has 3 rings (SSSR count). The number of carbonyl (C=O) groups excluding carboxylic acids is 1. The highest BCUT2D eigenvalue weighted by atomic mass is 16.3. The highest BCUT2D eigenvalue weighted by Gasteiger charge is 2.36. The Morgan fingerprint density at radius 2 is 2.22 bits per heavy atom. The lowest BCUT2D eigenvalue weighted by Gasteiger charge is -2.32. The summed E-state index contributed by atoms with van der Waals surface area (Å²) in [6, 6.07) is 8.23. The summed E-state index contributed by atoms with van der Waals surface area (Å²) in [5, 5.41) is 8.94. The molecule has 96 valence electrons. The summed E-state index contributed by atoms with van der Waals surface area (Å²) in [7, 11) is 0. The Hall–Kier alpha value is -1.35. The second-order valence-corrected chi connectivity index (χ2v) is 5.41. The number of benzene rings is 1. The molecule has 1 aliphatic carbocycles. The molecule has 3 heteroatoms. The molecule has 0 spiro atoms. The molecule has 1 amide bonds. The van der Waals surface area contributed by atoms with Crippen LogP contribution in [-0.2, 0) is 11.2 Å². The third-order valence-corrected chi connectivity index (χ3v) is 4.29. The standard InChI is InChI=1S/C15H19NO2/c17-8-6-11-5-7-16(10-11)15(18)14-9-12-3-1-2-4-13(12)14/h1-4,11,14,17H,5-10H2. The number of hydrogen-bond acceptors (Lipinski definition) is 2. The molecular weight excluding hydrogens is 226 g/mol. The van der Waals surface area contributed by atoms with Crippen molar-refractivity contribution < 1.29 is 9.90 Å². The number of rotatable bonds is 3. The van der Waals surface area contributed by atoms with Gasteiger partial charge in [-0.15, -0.1) is 0 Å². The second kappa shape index (κ2) is 4.73. The molecule has 0 bridgehead atoms. The van der Waals surface area contributed by atoms with Gasteiger partial charge in [-0.1, -0.05) is 24.3 Å². The van der Waals surface area contributed by atoms with E-state index in [1.165, 1.54) is 11.1 Å². The van der Waals surface area contributed by atoms with Crippen molar-refractivity contribution in [2.24, 2.45) is 5.92 Å². The molecule has 0 aromatic heterocycles. The van der Waals surface area contributed by atoms with Gasteiger partial charge in [0.1, 0.15) is 0 Å². The lowest BCUT2D eigenvalue weighted by atomic mass is 9.77. The van der Waals surface area contributed by atoms with Crippen LogP contribution in [0.15, 0.2) is 24.3 Å². The van der Waals surface area contributed by atoms with Crippen molar-refractivity contribution in [3.63, 3.8) is 0 Å². The summed E-state index contributed by atoms with van der Waals surface area (Å²) in [5.41, 5.74) is 2.54. The van der Waals surface area contributed by atoms with Crippen LogP contribution in [0, 0.1) is 5.92 Å². The number of amides is 1. The van der Waals surface area contributed by atoms with Gasteiger partial charge < -0.3 is 10.0 Å². The zero-order valence-electron chi connectivity index (χ0n) is 10.5. The molecule has 0 radical (unpaired) electrons. The van der Waals surface area contributed by atoms with Gasteiger partial charge in [-0.25, -0.2) is 0 Å². The topological polar surface area (TPSA) is 40.5 Å². The summed E-state index contributed by atoms with van der Waals surface area (Å²) < 4.78 is 0. The molecular formula is C15H19NO2. The number of fused-ring (bicyclic) bond motifs is 1. The maximum absolute atomic E-state index is 12.4. The lowest BCUT2D eigenvalue weighted by molar-refractivity contribution is -0.132. The van der Waals surface area contributed by atoms with Crippen molar-refractivity contribution in [2.75, 3.05) is 19.7 Å². The molecule has 1 aliphatic heterocycles. The molecule has 0 saturated carbocycles. The van der Waals surface area contributed by atoms with E-state index in [9.17, 15) is 4.79 Å². The van der Waals surface area contributed by atoms with E-state index in [1.54, 1.807) is 0 Å². The average Bonchev–Trinajstić information content (AvgIpc) is 2.80. The van der Waals surface area contributed by atoms with Crippen molar-refractivity contribution in [1.29, 1.82) is 0 Å². The molecule has 1 aromatic carbocycles. The first-order valence-corrected chi connectivity index (χ1v) is 6.77. The van der Waals surface area contributed by atoms with Gasteiger partial charge in [0.15, 0.2) is 0 Å². The predicted octanol–water partition coefficient (Wildman–Crippen LogP) is 1.56. The number of aliphatic hydroxyl groups excluding tert-OH is 1. The molecule has 1 saturated heterocycles. The van der Waals surface area contributed by atoms with Crippen LogP contribution in [-0.4, -0.2) is 35.6 Å². The Bertz CT molecular complexity index is 458. The smallest absolute Gasteiger partial charge is 0.230 e. The van der Waals surface area contributed by atoms with E-state index in [0.717, 1.165) is 32.4 Å². The Morgan fingerprint density at radius 1 is 1.39 bits per heavy atom. The van der Waals surface area contributed by atoms with Gasteiger partial charge in [0.2, 0.25) is 5.91 Å². The third-order valence-electron chi connectivity index (χ3n) is 4.29.